The second-order valence-corrected chi connectivity index (χ2v) is 6.85. The summed E-state index contributed by atoms with van der Waals surface area (Å²) in [6.07, 6.45) is 0. The lowest BCUT2D eigenvalue weighted by atomic mass is 9.86. The van der Waals surface area contributed by atoms with Gasteiger partial charge in [0.15, 0.2) is 0 Å². The van der Waals surface area contributed by atoms with Crippen molar-refractivity contribution in [1.29, 1.82) is 0 Å². The number of benzene rings is 1. The van der Waals surface area contributed by atoms with Crippen LogP contribution in [0, 0.1) is 0 Å². The number of halogens is 1. The predicted molar refractivity (Wildman–Crippen MR) is 91.8 cm³/mol. The summed E-state index contributed by atoms with van der Waals surface area (Å²) in [4.78, 5) is 4.47. The molecule has 0 N–H and O–H groups in total. The summed E-state index contributed by atoms with van der Waals surface area (Å²) in [5.74, 6) is 0.569. The third-order valence-electron chi connectivity index (χ3n) is 3.42. The van der Waals surface area contributed by atoms with Crippen LogP contribution < -0.4 is 4.74 Å². The van der Waals surface area contributed by atoms with Crippen molar-refractivity contribution in [2.24, 2.45) is 0 Å². The minimum atomic E-state index is 0.152. The summed E-state index contributed by atoms with van der Waals surface area (Å²) in [6, 6.07) is 12.4. The van der Waals surface area contributed by atoms with Gasteiger partial charge in [0.1, 0.15) is 0 Å². The van der Waals surface area contributed by atoms with E-state index in [4.69, 9.17) is 4.74 Å². The second kappa shape index (κ2) is 6.02. The Labute approximate surface area is 135 Å². The van der Waals surface area contributed by atoms with Crippen molar-refractivity contribution >= 4 is 21.5 Å². The average molecular weight is 346 g/mol. The average Bonchev–Trinajstić information content (AvgIpc) is 2.46. The molecule has 2 rings (SSSR count). The highest BCUT2D eigenvalue weighted by atomic mass is 79.9. The molecule has 0 unspecified atom stereocenters. The van der Waals surface area contributed by atoms with Crippen LogP contribution in [0.4, 0.5) is 0 Å². The molecule has 0 bridgehead atoms. The highest BCUT2D eigenvalue weighted by molar-refractivity contribution is 9.10. The van der Waals surface area contributed by atoms with Gasteiger partial charge in [-0.3, -0.25) is 0 Å². The van der Waals surface area contributed by atoms with Gasteiger partial charge in [-0.2, -0.15) is 0 Å². The van der Waals surface area contributed by atoms with Crippen molar-refractivity contribution in [3.05, 3.63) is 64.3 Å². The highest BCUT2D eigenvalue weighted by Gasteiger charge is 2.14. The van der Waals surface area contributed by atoms with Crippen LogP contribution in [-0.4, -0.2) is 12.1 Å². The molecular formula is C18H20BrNO. The molecule has 0 atom stereocenters. The number of hydrogen-bond acceptors (Lipinski definition) is 2. The number of ether oxygens (including phenoxy) is 1. The van der Waals surface area contributed by atoms with E-state index in [-0.39, 0.29) is 5.41 Å². The van der Waals surface area contributed by atoms with Gasteiger partial charge in [0, 0.05) is 5.57 Å². The Morgan fingerprint density at radius 1 is 1.10 bits per heavy atom. The van der Waals surface area contributed by atoms with Gasteiger partial charge in [0.2, 0.25) is 5.88 Å². The molecule has 2 nitrogen and oxygen atoms in total. The zero-order chi connectivity index (χ0) is 15.6. The Bertz CT molecular complexity index is 654. The first-order chi connectivity index (χ1) is 9.82. The van der Waals surface area contributed by atoms with Crippen molar-refractivity contribution in [2.45, 2.75) is 26.2 Å². The lowest BCUT2D eigenvalue weighted by Gasteiger charge is -2.19. The number of aromatic nitrogens is 1. The van der Waals surface area contributed by atoms with Crippen LogP contribution in [0.3, 0.4) is 0 Å². The van der Waals surface area contributed by atoms with Gasteiger partial charge < -0.3 is 4.74 Å². The molecule has 1 aromatic heterocycles. The topological polar surface area (TPSA) is 22.1 Å². The van der Waals surface area contributed by atoms with Crippen molar-refractivity contribution in [2.75, 3.05) is 7.11 Å². The summed E-state index contributed by atoms with van der Waals surface area (Å²) in [7, 11) is 1.61. The molecule has 3 heteroatoms. The number of hydrogen-bond donors (Lipinski definition) is 0. The maximum Gasteiger partial charge on any atom is 0.228 e. The van der Waals surface area contributed by atoms with Crippen LogP contribution >= 0.6 is 15.9 Å². The first-order valence-corrected chi connectivity index (χ1v) is 7.63. The smallest absolute Gasteiger partial charge is 0.228 e. The van der Waals surface area contributed by atoms with Crippen molar-refractivity contribution in [3.63, 3.8) is 0 Å². The van der Waals surface area contributed by atoms with Crippen LogP contribution in [0.15, 0.2) is 47.4 Å². The Balaban J connectivity index is 2.32. The number of methoxy groups -OCH3 is 1. The Kier molecular flexibility index (Phi) is 4.52. The van der Waals surface area contributed by atoms with E-state index in [1.54, 1.807) is 7.11 Å². The minimum absolute atomic E-state index is 0.152. The molecule has 2 aromatic rings. The van der Waals surface area contributed by atoms with Crippen LogP contribution in [-0.2, 0) is 5.41 Å². The number of pyridine rings is 1. The Morgan fingerprint density at radius 2 is 1.71 bits per heavy atom. The molecule has 0 aliphatic heterocycles. The number of rotatable bonds is 3. The maximum absolute atomic E-state index is 5.24. The lowest BCUT2D eigenvalue weighted by Crippen LogP contribution is -2.10. The third-order valence-corrected chi connectivity index (χ3v) is 4.02. The van der Waals surface area contributed by atoms with E-state index in [1.807, 2.05) is 12.1 Å². The summed E-state index contributed by atoms with van der Waals surface area (Å²) in [5.41, 5.74) is 4.24. The van der Waals surface area contributed by atoms with E-state index in [9.17, 15) is 0 Å². The standard InChI is InChI=1S/C18H20BrNO/c1-12(16-11-10-15(19)17(20-16)21-5)13-6-8-14(9-7-13)18(2,3)4/h6-11H,1H2,2-5H3. The molecule has 1 aromatic carbocycles. The molecule has 0 saturated carbocycles. The van der Waals surface area contributed by atoms with Gasteiger partial charge in [0.25, 0.3) is 0 Å². The van der Waals surface area contributed by atoms with Gasteiger partial charge in [-0.05, 0) is 44.6 Å². The molecule has 0 saturated heterocycles. The van der Waals surface area contributed by atoms with E-state index < -0.39 is 0 Å². The van der Waals surface area contributed by atoms with E-state index in [0.717, 1.165) is 21.3 Å². The van der Waals surface area contributed by atoms with Crippen LogP contribution in [0.25, 0.3) is 5.57 Å². The zero-order valence-corrected chi connectivity index (χ0v) is 14.5. The van der Waals surface area contributed by atoms with E-state index >= 15 is 0 Å². The lowest BCUT2D eigenvalue weighted by molar-refractivity contribution is 0.394. The summed E-state index contributed by atoms with van der Waals surface area (Å²) in [5, 5.41) is 0. The highest BCUT2D eigenvalue weighted by Crippen LogP contribution is 2.29. The fraction of sp³-hybridized carbons (Fsp3) is 0.278. The minimum Gasteiger partial charge on any atom is -0.480 e. The van der Waals surface area contributed by atoms with Crippen LogP contribution in [0.5, 0.6) is 5.88 Å². The molecule has 0 radical (unpaired) electrons. The SMILES string of the molecule is C=C(c1ccc(C(C)(C)C)cc1)c1ccc(Br)c(OC)n1. The molecule has 0 fully saturated rings. The quantitative estimate of drug-likeness (QED) is 0.761. The molecule has 21 heavy (non-hydrogen) atoms. The Morgan fingerprint density at radius 3 is 2.24 bits per heavy atom. The van der Waals surface area contributed by atoms with E-state index in [2.05, 4.69) is 72.5 Å². The van der Waals surface area contributed by atoms with Crippen molar-refractivity contribution < 1.29 is 4.74 Å². The molecule has 0 spiro atoms. The molecule has 1 heterocycles. The van der Waals surface area contributed by atoms with Gasteiger partial charge in [-0.25, -0.2) is 4.98 Å². The van der Waals surface area contributed by atoms with E-state index in [1.165, 1.54) is 5.56 Å². The monoisotopic (exact) mass is 345 g/mol. The van der Waals surface area contributed by atoms with Gasteiger partial charge in [-0.15, -0.1) is 0 Å². The summed E-state index contributed by atoms with van der Waals surface area (Å²) >= 11 is 3.41. The molecular weight excluding hydrogens is 326 g/mol. The van der Waals surface area contributed by atoms with Gasteiger partial charge >= 0.3 is 0 Å². The normalized spacial score (nSPS) is 11.3. The fourth-order valence-corrected chi connectivity index (χ4v) is 2.44. The van der Waals surface area contributed by atoms with Gasteiger partial charge in [-0.1, -0.05) is 51.6 Å². The predicted octanol–water partition coefficient (Wildman–Crippen LogP) is 5.21. The molecule has 110 valence electrons. The summed E-state index contributed by atoms with van der Waals surface area (Å²) < 4.78 is 6.07. The van der Waals surface area contributed by atoms with Gasteiger partial charge in [0.05, 0.1) is 17.3 Å². The molecule has 0 aliphatic rings. The second-order valence-electron chi connectivity index (χ2n) is 5.99. The summed E-state index contributed by atoms with van der Waals surface area (Å²) in [6.45, 7) is 10.8. The molecule has 0 aliphatic carbocycles. The first kappa shape index (κ1) is 15.8. The Hall–Kier alpha value is -1.61. The number of nitrogens with zero attached hydrogens (tertiary/aromatic N) is 1. The van der Waals surface area contributed by atoms with Crippen molar-refractivity contribution in [3.8, 4) is 5.88 Å². The van der Waals surface area contributed by atoms with E-state index in [0.29, 0.717) is 5.88 Å². The zero-order valence-electron chi connectivity index (χ0n) is 12.9. The molecule has 0 amide bonds. The van der Waals surface area contributed by atoms with Crippen molar-refractivity contribution in [1.82, 2.24) is 4.98 Å². The third kappa shape index (κ3) is 3.53. The fourth-order valence-electron chi connectivity index (χ4n) is 2.05. The maximum atomic E-state index is 5.24. The largest absolute Gasteiger partial charge is 0.480 e. The first-order valence-electron chi connectivity index (χ1n) is 6.83. The van der Waals surface area contributed by atoms with Crippen LogP contribution in [0.1, 0.15) is 37.6 Å². The van der Waals surface area contributed by atoms with Crippen LogP contribution in [0.2, 0.25) is 0 Å².